The first-order chi connectivity index (χ1) is 13.5. The number of amides is 2. The zero-order valence-electron chi connectivity index (χ0n) is 15.9. The van der Waals surface area contributed by atoms with Crippen molar-refractivity contribution >= 4 is 17.5 Å². The minimum absolute atomic E-state index is 0.0633. The van der Waals surface area contributed by atoms with E-state index >= 15 is 0 Å². The number of hydrogen-bond acceptors (Lipinski definition) is 7. The number of ether oxygens (including phenoxy) is 2. The highest BCUT2D eigenvalue weighted by atomic mass is 16.6. The number of nitro benzene ring substituents is 1. The molecule has 0 bridgehead atoms. The Bertz CT molecular complexity index is 711. The number of likely N-dealkylation sites (tertiary alicyclic amines) is 1. The number of carbonyl (C=O) groups is 2. The number of benzene rings is 1. The molecule has 1 unspecified atom stereocenters. The van der Waals surface area contributed by atoms with Crippen LogP contribution >= 0.6 is 0 Å². The van der Waals surface area contributed by atoms with Gasteiger partial charge in [0.05, 0.1) is 12.0 Å². The molecule has 1 heterocycles. The van der Waals surface area contributed by atoms with Crippen LogP contribution in [0, 0.1) is 10.1 Å². The Balaban J connectivity index is 1.94. The van der Waals surface area contributed by atoms with Crippen molar-refractivity contribution in [1.82, 2.24) is 10.2 Å². The average molecular weight is 394 g/mol. The first-order valence-corrected chi connectivity index (χ1v) is 9.17. The SMILES string of the molecule is COc1cc(OCC(=O)N2CCCCC2CNC(=O)CCN)ccc1[N+](=O)[O-]. The summed E-state index contributed by atoms with van der Waals surface area (Å²) in [6.07, 6.45) is 2.94. The molecule has 10 heteroatoms. The van der Waals surface area contributed by atoms with Gasteiger partial charge in [-0.1, -0.05) is 0 Å². The third-order valence-corrected chi connectivity index (χ3v) is 4.56. The fourth-order valence-corrected chi connectivity index (χ4v) is 3.12. The molecule has 154 valence electrons. The predicted octanol–water partition coefficient (Wildman–Crippen LogP) is 0.828. The molecule has 1 aromatic carbocycles. The molecule has 1 fully saturated rings. The van der Waals surface area contributed by atoms with Gasteiger partial charge in [0.15, 0.2) is 6.61 Å². The number of nitrogens with two attached hydrogens (primary N) is 1. The molecule has 10 nitrogen and oxygen atoms in total. The Morgan fingerprint density at radius 3 is 2.86 bits per heavy atom. The summed E-state index contributed by atoms with van der Waals surface area (Å²) in [7, 11) is 1.33. The molecule has 1 aliphatic rings. The molecule has 1 aromatic rings. The van der Waals surface area contributed by atoms with E-state index in [4.69, 9.17) is 15.2 Å². The third-order valence-electron chi connectivity index (χ3n) is 4.56. The van der Waals surface area contributed by atoms with E-state index in [0.29, 0.717) is 18.8 Å². The van der Waals surface area contributed by atoms with E-state index in [1.54, 1.807) is 4.90 Å². The maximum atomic E-state index is 12.6. The van der Waals surface area contributed by atoms with Crippen molar-refractivity contribution in [3.8, 4) is 11.5 Å². The fraction of sp³-hybridized carbons (Fsp3) is 0.556. The van der Waals surface area contributed by atoms with Crippen molar-refractivity contribution in [1.29, 1.82) is 0 Å². The predicted molar refractivity (Wildman–Crippen MR) is 101 cm³/mol. The van der Waals surface area contributed by atoms with Crippen LogP contribution in [0.4, 0.5) is 5.69 Å². The quantitative estimate of drug-likeness (QED) is 0.467. The number of rotatable bonds is 9. The van der Waals surface area contributed by atoms with Crippen molar-refractivity contribution in [3.05, 3.63) is 28.3 Å². The van der Waals surface area contributed by atoms with Crippen LogP contribution in [0.5, 0.6) is 11.5 Å². The smallest absolute Gasteiger partial charge is 0.311 e. The highest BCUT2D eigenvalue weighted by Crippen LogP contribution is 2.30. The van der Waals surface area contributed by atoms with Crippen LogP contribution in [0.2, 0.25) is 0 Å². The van der Waals surface area contributed by atoms with Gasteiger partial charge in [-0.05, 0) is 25.3 Å². The number of nitrogens with zero attached hydrogens (tertiary/aromatic N) is 2. The minimum atomic E-state index is -0.551. The van der Waals surface area contributed by atoms with Crippen LogP contribution in [0.15, 0.2) is 18.2 Å². The number of piperidine rings is 1. The van der Waals surface area contributed by atoms with E-state index in [2.05, 4.69) is 5.32 Å². The van der Waals surface area contributed by atoms with Crippen molar-refractivity contribution in [2.75, 3.05) is 33.4 Å². The summed E-state index contributed by atoms with van der Waals surface area (Å²) in [5, 5.41) is 13.7. The molecule has 3 N–H and O–H groups in total. The maximum absolute atomic E-state index is 12.6. The van der Waals surface area contributed by atoms with E-state index in [0.717, 1.165) is 19.3 Å². The van der Waals surface area contributed by atoms with Gasteiger partial charge in [-0.25, -0.2) is 0 Å². The molecular formula is C18H26N4O6. The van der Waals surface area contributed by atoms with Gasteiger partial charge in [-0.15, -0.1) is 0 Å². The number of nitro groups is 1. The van der Waals surface area contributed by atoms with Crippen molar-refractivity contribution in [2.24, 2.45) is 5.73 Å². The first kappa shape index (κ1) is 21.4. The normalized spacial score (nSPS) is 16.4. The Hall–Kier alpha value is -2.88. The standard InChI is InChI=1S/C18H26N4O6/c1-27-16-10-14(5-6-15(16)22(25)26)28-12-18(24)21-9-3-2-4-13(21)11-20-17(23)7-8-19/h5-6,10,13H,2-4,7-9,11-12,19H2,1H3,(H,20,23). The molecule has 0 aromatic heterocycles. The van der Waals surface area contributed by atoms with E-state index in [1.807, 2.05) is 0 Å². The largest absolute Gasteiger partial charge is 0.490 e. The molecule has 0 saturated carbocycles. The molecule has 2 rings (SSSR count). The third kappa shape index (κ3) is 5.81. The second kappa shape index (κ2) is 10.5. The number of methoxy groups -OCH3 is 1. The Morgan fingerprint density at radius 2 is 2.18 bits per heavy atom. The van der Waals surface area contributed by atoms with Gasteiger partial charge in [0.1, 0.15) is 5.75 Å². The highest BCUT2D eigenvalue weighted by molar-refractivity contribution is 5.79. The Labute approximate surface area is 163 Å². The van der Waals surface area contributed by atoms with Crippen molar-refractivity contribution < 1.29 is 24.0 Å². The van der Waals surface area contributed by atoms with Gasteiger partial charge < -0.3 is 25.4 Å². The summed E-state index contributed by atoms with van der Waals surface area (Å²) in [5.74, 6) is 0.0406. The number of nitrogens with one attached hydrogen (secondary N) is 1. The molecule has 0 aliphatic carbocycles. The molecule has 0 spiro atoms. The van der Waals surface area contributed by atoms with Crippen LogP contribution in [0.1, 0.15) is 25.7 Å². The highest BCUT2D eigenvalue weighted by Gasteiger charge is 2.27. The van der Waals surface area contributed by atoms with Gasteiger partial charge in [-0.2, -0.15) is 0 Å². The average Bonchev–Trinajstić information content (AvgIpc) is 2.70. The maximum Gasteiger partial charge on any atom is 0.311 e. The number of carbonyl (C=O) groups excluding carboxylic acids is 2. The summed E-state index contributed by atoms with van der Waals surface area (Å²) in [6.45, 7) is 1.07. The summed E-state index contributed by atoms with van der Waals surface area (Å²) in [4.78, 5) is 36.3. The second-order valence-corrected chi connectivity index (χ2v) is 6.46. The van der Waals surface area contributed by atoms with Crippen LogP contribution in [0.3, 0.4) is 0 Å². The zero-order chi connectivity index (χ0) is 20.5. The fourth-order valence-electron chi connectivity index (χ4n) is 3.12. The lowest BCUT2D eigenvalue weighted by atomic mass is 10.0. The Morgan fingerprint density at radius 1 is 1.39 bits per heavy atom. The van der Waals surface area contributed by atoms with Crippen LogP contribution in [0.25, 0.3) is 0 Å². The first-order valence-electron chi connectivity index (χ1n) is 9.17. The molecule has 1 aliphatic heterocycles. The molecule has 28 heavy (non-hydrogen) atoms. The topological polar surface area (TPSA) is 137 Å². The lowest BCUT2D eigenvalue weighted by molar-refractivity contribution is -0.385. The lowest BCUT2D eigenvalue weighted by Crippen LogP contribution is -2.50. The van der Waals surface area contributed by atoms with Crippen molar-refractivity contribution in [2.45, 2.75) is 31.7 Å². The van der Waals surface area contributed by atoms with Crippen LogP contribution < -0.4 is 20.5 Å². The van der Waals surface area contributed by atoms with E-state index in [-0.39, 0.29) is 48.9 Å². The van der Waals surface area contributed by atoms with Crippen LogP contribution in [-0.2, 0) is 9.59 Å². The zero-order valence-corrected chi connectivity index (χ0v) is 15.9. The molecule has 1 atom stereocenters. The summed E-state index contributed by atoms with van der Waals surface area (Å²) in [6, 6.07) is 3.99. The summed E-state index contributed by atoms with van der Waals surface area (Å²) >= 11 is 0. The van der Waals surface area contributed by atoms with Gasteiger partial charge in [0.2, 0.25) is 11.7 Å². The molecule has 2 amide bonds. The number of hydrogen-bond donors (Lipinski definition) is 2. The van der Waals surface area contributed by atoms with E-state index in [1.165, 1.54) is 25.3 Å². The van der Waals surface area contributed by atoms with Gasteiger partial charge in [0, 0.05) is 44.2 Å². The second-order valence-electron chi connectivity index (χ2n) is 6.46. The summed E-state index contributed by atoms with van der Waals surface area (Å²) < 4.78 is 10.5. The molecule has 0 radical (unpaired) electrons. The van der Waals surface area contributed by atoms with Crippen LogP contribution in [-0.4, -0.2) is 61.0 Å². The Kier molecular flexibility index (Phi) is 8.00. The van der Waals surface area contributed by atoms with E-state index < -0.39 is 4.92 Å². The van der Waals surface area contributed by atoms with E-state index in [9.17, 15) is 19.7 Å². The molecule has 1 saturated heterocycles. The lowest BCUT2D eigenvalue weighted by Gasteiger charge is -2.35. The minimum Gasteiger partial charge on any atom is -0.490 e. The van der Waals surface area contributed by atoms with Gasteiger partial charge in [-0.3, -0.25) is 19.7 Å². The van der Waals surface area contributed by atoms with Gasteiger partial charge >= 0.3 is 5.69 Å². The molecular weight excluding hydrogens is 368 g/mol. The summed E-state index contributed by atoms with van der Waals surface area (Å²) in [5.41, 5.74) is 5.19. The monoisotopic (exact) mass is 394 g/mol. The van der Waals surface area contributed by atoms with Gasteiger partial charge in [0.25, 0.3) is 5.91 Å². The van der Waals surface area contributed by atoms with Crippen molar-refractivity contribution in [3.63, 3.8) is 0 Å².